The highest BCUT2D eigenvalue weighted by atomic mass is 16.1. The van der Waals surface area contributed by atoms with Crippen LogP contribution in [0.2, 0.25) is 0 Å². The Labute approximate surface area is 151 Å². The van der Waals surface area contributed by atoms with Crippen molar-refractivity contribution < 1.29 is 4.79 Å². The molecule has 26 heavy (non-hydrogen) atoms. The highest BCUT2D eigenvalue weighted by molar-refractivity contribution is 5.92. The van der Waals surface area contributed by atoms with E-state index in [1.807, 2.05) is 31.2 Å². The number of allylic oxidation sites excluding steroid dienone is 1. The van der Waals surface area contributed by atoms with Crippen molar-refractivity contribution in [3.8, 4) is 0 Å². The second-order valence-electron chi connectivity index (χ2n) is 5.61. The second kappa shape index (κ2) is 7.98. The van der Waals surface area contributed by atoms with Gasteiger partial charge in [-0.25, -0.2) is 4.98 Å². The summed E-state index contributed by atoms with van der Waals surface area (Å²) in [5.74, 6) is 1.06. The maximum Gasteiger partial charge on any atom is 0.229 e. The Morgan fingerprint density at radius 3 is 2.77 bits per heavy atom. The number of anilines is 4. The molecule has 3 aromatic rings. The highest BCUT2D eigenvalue weighted by Gasteiger charge is 2.09. The molecule has 0 amide bonds. The number of carbonyl (C=O) groups is 1. The number of benzene rings is 1. The smallest absolute Gasteiger partial charge is 0.229 e. The van der Waals surface area contributed by atoms with E-state index < -0.39 is 0 Å². The van der Waals surface area contributed by atoms with Crippen LogP contribution in [0, 0.1) is 6.92 Å². The normalized spacial score (nSPS) is 10.2. The SMILES string of the molecule is C=CC(=O)Cc1ccccc1Nc1nc(Nc2ccnnc2)ncc1C. The van der Waals surface area contributed by atoms with E-state index in [2.05, 4.69) is 37.4 Å². The van der Waals surface area contributed by atoms with Gasteiger partial charge in [-0.15, -0.1) is 0 Å². The van der Waals surface area contributed by atoms with Gasteiger partial charge >= 0.3 is 0 Å². The average Bonchev–Trinajstić information content (AvgIpc) is 2.66. The Morgan fingerprint density at radius 1 is 1.15 bits per heavy atom. The van der Waals surface area contributed by atoms with Gasteiger partial charge in [-0.3, -0.25) is 4.79 Å². The predicted octanol–water partition coefficient (Wildman–Crippen LogP) is 3.36. The maximum atomic E-state index is 11.7. The van der Waals surface area contributed by atoms with Gasteiger partial charge in [-0.05, 0) is 30.7 Å². The molecular formula is C19H18N6O. The number of aromatic nitrogens is 4. The van der Waals surface area contributed by atoms with Gasteiger partial charge < -0.3 is 10.6 Å². The van der Waals surface area contributed by atoms with Crippen LogP contribution in [-0.2, 0) is 11.2 Å². The lowest BCUT2D eigenvalue weighted by Gasteiger charge is -2.13. The summed E-state index contributed by atoms with van der Waals surface area (Å²) in [6.45, 7) is 5.44. The van der Waals surface area contributed by atoms with E-state index in [1.54, 1.807) is 24.7 Å². The monoisotopic (exact) mass is 346 g/mol. The molecule has 0 saturated carbocycles. The Bertz CT molecular complexity index is 926. The van der Waals surface area contributed by atoms with Gasteiger partial charge in [-0.2, -0.15) is 15.2 Å². The number of rotatable bonds is 7. The number of aryl methyl sites for hydroxylation is 1. The zero-order chi connectivity index (χ0) is 18.4. The van der Waals surface area contributed by atoms with Crippen LogP contribution in [0.15, 0.2) is 61.6 Å². The van der Waals surface area contributed by atoms with E-state index in [0.29, 0.717) is 11.8 Å². The van der Waals surface area contributed by atoms with Crippen LogP contribution in [0.4, 0.5) is 23.1 Å². The molecule has 7 nitrogen and oxygen atoms in total. The topological polar surface area (TPSA) is 92.7 Å². The predicted molar refractivity (Wildman–Crippen MR) is 101 cm³/mol. The van der Waals surface area contributed by atoms with Crippen LogP contribution in [0.3, 0.4) is 0 Å². The summed E-state index contributed by atoms with van der Waals surface area (Å²) < 4.78 is 0. The first-order valence-electron chi connectivity index (χ1n) is 8.03. The van der Waals surface area contributed by atoms with Crippen LogP contribution in [0.25, 0.3) is 0 Å². The molecule has 3 rings (SSSR count). The minimum atomic E-state index is -0.0359. The molecule has 0 aliphatic heterocycles. The third-order valence-electron chi connectivity index (χ3n) is 3.67. The Balaban J connectivity index is 1.85. The summed E-state index contributed by atoms with van der Waals surface area (Å²) in [5.41, 5.74) is 3.32. The lowest BCUT2D eigenvalue weighted by atomic mass is 10.1. The molecule has 0 aliphatic carbocycles. The van der Waals surface area contributed by atoms with Gasteiger partial charge in [0.15, 0.2) is 5.78 Å². The second-order valence-corrected chi connectivity index (χ2v) is 5.61. The summed E-state index contributed by atoms with van der Waals surface area (Å²) in [7, 11) is 0. The number of nitrogens with zero attached hydrogens (tertiary/aromatic N) is 4. The van der Waals surface area contributed by atoms with Crippen molar-refractivity contribution in [2.45, 2.75) is 13.3 Å². The number of hydrogen-bond acceptors (Lipinski definition) is 7. The standard InChI is InChI=1S/C19H18N6O/c1-3-16(26)10-14-6-4-5-7-17(14)24-18-13(2)11-20-19(25-18)23-15-8-9-21-22-12-15/h3-9,11-12H,1,10H2,2H3,(H2,20,21,23,24,25). The fraction of sp³-hybridized carbons (Fsp3) is 0.105. The first kappa shape index (κ1) is 17.2. The molecule has 2 heterocycles. The van der Waals surface area contributed by atoms with Crippen molar-refractivity contribution in [2.75, 3.05) is 10.6 Å². The third-order valence-corrected chi connectivity index (χ3v) is 3.67. The van der Waals surface area contributed by atoms with E-state index >= 15 is 0 Å². The van der Waals surface area contributed by atoms with Crippen molar-refractivity contribution >= 4 is 28.9 Å². The van der Waals surface area contributed by atoms with E-state index in [9.17, 15) is 4.79 Å². The molecule has 130 valence electrons. The van der Waals surface area contributed by atoms with Gasteiger partial charge in [0.05, 0.1) is 18.1 Å². The highest BCUT2D eigenvalue weighted by Crippen LogP contribution is 2.24. The number of para-hydroxylation sites is 1. The Hall–Kier alpha value is -3.61. The molecule has 1 aromatic carbocycles. The lowest BCUT2D eigenvalue weighted by molar-refractivity contribution is -0.114. The quantitative estimate of drug-likeness (QED) is 0.634. The van der Waals surface area contributed by atoms with Gasteiger partial charge in [-0.1, -0.05) is 24.8 Å². The van der Waals surface area contributed by atoms with E-state index in [4.69, 9.17) is 0 Å². The van der Waals surface area contributed by atoms with Gasteiger partial charge in [0.25, 0.3) is 0 Å². The summed E-state index contributed by atoms with van der Waals surface area (Å²) in [4.78, 5) is 20.5. The van der Waals surface area contributed by atoms with Crippen LogP contribution < -0.4 is 10.6 Å². The van der Waals surface area contributed by atoms with Crippen molar-refractivity contribution in [2.24, 2.45) is 0 Å². The molecule has 0 saturated heterocycles. The number of hydrogen-bond donors (Lipinski definition) is 2. The minimum Gasteiger partial charge on any atom is -0.340 e. The summed E-state index contributed by atoms with van der Waals surface area (Å²) >= 11 is 0. The molecule has 0 atom stereocenters. The van der Waals surface area contributed by atoms with Crippen molar-refractivity contribution in [3.05, 3.63) is 72.7 Å². The Morgan fingerprint density at radius 2 is 2.00 bits per heavy atom. The van der Waals surface area contributed by atoms with E-state index in [0.717, 1.165) is 22.5 Å². The molecule has 2 aromatic heterocycles. The first-order chi connectivity index (χ1) is 12.7. The van der Waals surface area contributed by atoms with Crippen molar-refractivity contribution in [1.29, 1.82) is 0 Å². The zero-order valence-electron chi connectivity index (χ0n) is 14.3. The third kappa shape index (κ3) is 4.27. The largest absolute Gasteiger partial charge is 0.340 e. The lowest BCUT2D eigenvalue weighted by Crippen LogP contribution is -2.06. The fourth-order valence-electron chi connectivity index (χ4n) is 2.31. The minimum absolute atomic E-state index is 0.0359. The first-order valence-corrected chi connectivity index (χ1v) is 8.03. The Kier molecular flexibility index (Phi) is 5.28. The molecule has 0 unspecified atom stereocenters. The average molecular weight is 346 g/mol. The molecule has 0 fully saturated rings. The molecule has 0 aliphatic rings. The summed E-state index contributed by atoms with van der Waals surface area (Å²) in [5, 5.41) is 13.9. The van der Waals surface area contributed by atoms with Gasteiger partial charge in [0, 0.05) is 23.9 Å². The molecular weight excluding hydrogens is 328 g/mol. The van der Waals surface area contributed by atoms with Crippen molar-refractivity contribution in [3.63, 3.8) is 0 Å². The number of ketones is 1. The van der Waals surface area contributed by atoms with Crippen molar-refractivity contribution in [1.82, 2.24) is 20.2 Å². The maximum absolute atomic E-state index is 11.7. The number of nitrogens with one attached hydrogen (secondary N) is 2. The molecule has 0 bridgehead atoms. The van der Waals surface area contributed by atoms with Gasteiger partial charge in [0.1, 0.15) is 5.82 Å². The zero-order valence-corrected chi connectivity index (χ0v) is 14.3. The van der Waals surface area contributed by atoms with Crippen LogP contribution in [0.5, 0.6) is 0 Å². The fourth-order valence-corrected chi connectivity index (χ4v) is 2.31. The molecule has 7 heteroatoms. The van der Waals surface area contributed by atoms with Crippen LogP contribution in [-0.4, -0.2) is 25.9 Å². The molecule has 2 N–H and O–H groups in total. The number of carbonyl (C=O) groups excluding carboxylic acids is 1. The van der Waals surface area contributed by atoms with E-state index in [1.165, 1.54) is 6.08 Å². The summed E-state index contributed by atoms with van der Waals surface area (Å²) in [6, 6.07) is 9.39. The molecule has 0 radical (unpaired) electrons. The molecule has 0 spiro atoms. The van der Waals surface area contributed by atoms with Gasteiger partial charge in [0.2, 0.25) is 5.95 Å². The van der Waals surface area contributed by atoms with Crippen LogP contribution >= 0.6 is 0 Å². The van der Waals surface area contributed by atoms with E-state index in [-0.39, 0.29) is 12.2 Å². The summed E-state index contributed by atoms with van der Waals surface area (Å²) in [6.07, 6.45) is 6.51. The van der Waals surface area contributed by atoms with Crippen LogP contribution in [0.1, 0.15) is 11.1 Å².